The fraction of sp³-hybridized carbons (Fsp3) is 0.143. The van der Waals surface area contributed by atoms with E-state index in [4.69, 9.17) is 5.26 Å². The molecule has 0 aliphatic rings. The van der Waals surface area contributed by atoms with Gasteiger partial charge in [-0.2, -0.15) is 5.26 Å². The van der Waals surface area contributed by atoms with Crippen molar-refractivity contribution in [1.82, 2.24) is 4.57 Å². The number of sulfone groups is 1. The highest BCUT2D eigenvalue weighted by Gasteiger charge is 2.15. The van der Waals surface area contributed by atoms with Gasteiger partial charge in [-0.25, -0.2) is 8.42 Å². The number of pyridine rings is 1. The Balaban J connectivity index is 2.24. The molecule has 7 heteroatoms. The van der Waals surface area contributed by atoms with Gasteiger partial charge in [0.05, 0.1) is 22.3 Å². The van der Waals surface area contributed by atoms with Crippen molar-refractivity contribution < 1.29 is 8.42 Å². The quantitative estimate of drug-likeness (QED) is 0.828. The van der Waals surface area contributed by atoms with Gasteiger partial charge in [-0.15, -0.1) is 0 Å². The third-order valence-electron chi connectivity index (χ3n) is 2.87. The summed E-state index contributed by atoms with van der Waals surface area (Å²) in [5.74, 6) is -0.210. The molecule has 21 heavy (non-hydrogen) atoms. The Labute approximate surface area is 130 Å². The van der Waals surface area contributed by atoms with Crippen molar-refractivity contribution in [2.45, 2.75) is 11.4 Å². The lowest BCUT2D eigenvalue weighted by molar-refractivity contribution is 0.587. The maximum Gasteiger partial charge on any atom is 0.250 e. The zero-order valence-corrected chi connectivity index (χ0v) is 13.3. The lowest BCUT2D eigenvalue weighted by atomic mass is 10.2. The standard InChI is InChI=1S/C14H11BrN2O3S/c15-12-4-5-14(18)17(10-12)6-7-21(19,20)13-3-1-2-11(8-13)9-16/h1-5,8,10H,6-7H2. The van der Waals surface area contributed by atoms with E-state index in [1.165, 1.54) is 34.9 Å². The van der Waals surface area contributed by atoms with Crippen LogP contribution in [-0.4, -0.2) is 18.7 Å². The zero-order chi connectivity index (χ0) is 15.5. The molecule has 0 fully saturated rings. The predicted octanol–water partition coefficient (Wildman–Crippen LogP) is 1.96. The number of hydrogen-bond acceptors (Lipinski definition) is 4. The number of hydrogen-bond donors (Lipinski definition) is 0. The van der Waals surface area contributed by atoms with Gasteiger partial charge in [0.1, 0.15) is 0 Å². The topological polar surface area (TPSA) is 79.9 Å². The van der Waals surface area contributed by atoms with E-state index in [-0.39, 0.29) is 28.3 Å². The minimum atomic E-state index is -3.55. The lowest BCUT2D eigenvalue weighted by Crippen LogP contribution is -2.23. The third-order valence-corrected chi connectivity index (χ3v) is 5.03. The first-order valence-electron chi connectivity index (χ1n) is 6.01. The van der Waals surface area contributed by atoms with Gasteiger partial charge in [-0.3, -0.25) is 4.79 Å². The van der Waals surface area contributed by atoms with E-state index in [1.807, 2.05) is 6.07 Å². The molecule has 2 aromatic rings. The van der Waals surface area contributed by atoms with Gasteiger partial charge < -0.3 is 4.57 Å². The second-order valence-electron chi connectivity index (χ2n) is 4.34. The maximum atomic E-state index is 12.2. The normalized spacial score (nSPS) is 11.0. The Hall–Kier alpha value is -1.91. The van der Waals surface area contributed by atoms with Crippen LogP contribution in [0.4, 0.5) is 0 Å². The summed E-state index contributed by atoms with van der Waals surface area (Å²) in [6.45, 7) is 0.0530. The molecule has 1 aromatic heterocycles. The summed E-state index contributed by atoms with van der Waals surface area (Å²) in [6, 6.07) is 10.7. The van der Waals surface area contributed by atoms with Crippen molar-refractivity contribution in [2.75, 3.05) is 5.75 Å². The minimum Gasteiger partial charge on any atom is -0.313 e. The first kappa shape index (κ1) is 15.5. The molecule has 0 atom stereocenters. The SMILES string of the molecule is N#Cc1cccc(S(=O)(=O)CCn2cc(Br)ccc2=O)c1. The fourth-order valence-electron chi connectivity index (χ4n) is 1.77. The Morgan fingerprint density at radius 2 is 2.00 bits per heavy atom. The van der Waals surface area contributed by atoms with Crippen LogP contribution >= 0.6 is 15.9 Å². The minimum absolute atomic E-state index is 0.0530. The molecule has 5 nitrogen and oxygen atoms in total. The molecule has 108 valence electrons. The van der Waals surface area contributed by atoms with Gasteiger partial charge in [-0.05, 0) is 40.2 Å². The largest absolute Gasteiger partial charge is 0.313 e. The monoisotopic (exact) mass is 366 g/mol. The van der Waals surface area contributed by atoms with Crippen LogP contribution < -0.4 is 5.56 Å². The van der Waals surface area contributed by atoms with Crippen LogP contribution in [0.2, 0.25) is 0 Å². The van der Waals surface area contributed by atoms with Crippen LogP contribution in [0.1, 0.15) is 5.56 Å². The van der Waals surface area contributed by atoms with Crippen molar-refractivity contribution in [3.63, 3.8) is 0 Å². The van der Waals surface area contributed by atoms with Crippen LogP contribution in [-0.2, 0) is 16.4 Å². The molecule has 0 N–H and O–H groups in total. The van der Waals surface area contributed by atoms with Crippen molar-refractivity contribution in [3.8, 4) is 6.07 Å². The van der Waals surface area contributed by atoms with E-state index in [1.54, 1.807) is 12.3 Å². The highest BCUT2D eigenvalue weighted by atomic mass is 79.9. The first-order chi connectivity index (χ1) is 9.92. The Bertz CT molecular complexity index is 866. The molecule has 0 saturated carbocycles. The van der Waals surface area contributed by atoms with Crippen molar-refractivity contribution in [2.24, 2.45) is 0 Å². The number of halogens is 1. The molecule has 1 aromatic carbocycles. The van der Waals surface area contributed by atoms with E-state index >= 15 is 0 Å². The molecule has 0 aliphatic carbocycles. The highest BCUT2D eigenvalue weighted by molar-refractivity contribution is 9.10. The number of nitriles is 1. The van der Waals surface area contributed by atoms with Gasteiger partial charge in [0, 0.05) is 23.3 Å². The molecule has 0 saturated heterocycles. The molecule has 2 rings (SSSR count). The van der Waals surface area contributed by atoms with Gasteiger partial charge in [0.2, 0.25) is 0 Å². The number of aryl methyl sites for hydroxylation is 1. The van der Waals surface area contributed by atoms with E-state index in [2.05, 4.69) is 15.9 Å². The zero-order valence-electron chi connectivity index (χ0n) is 10.9. The summed E-state index contributed by atoms with van der Waals surface area (Å²) in [6.07, 6.45) is 1.55. The summed E-state index contributed by atoms with van der Waals surface area (Å²) in [5.41, 5.74) is 0.0230. The first-order valence-corrected chi connectivity index (χ1v) is 8.46. The molecular formula is C14H11BrN2O3S. The molecule has 1 heterocycles. The third kappa shape index (κ3) is 3.80. The maximum absolute atomic E-state index is 12.2. The summed E-state index contributed by atoms with van der Waals surface area (Å²) in [4.78, 5) is 11.7. The van der Waals surface area contributed by atoms with E-state index in [9.17, 15) is 13.2 Å². The number of rotatable bonds is 4. The second-order valence-corrected chi connectivity index (χ2v) is 7.36. The lowest BCUT2D eigenvalue weighted by Gasteiger charge is -2.07. The summed E-state index contributed by atoms with van der Waals surface area (Å²) < 4.78 is 26.5. The molecule has 0 amide bonds. The summed E-state index contributed by atoms with van der Waals surface area (Å²) >= 11 is 3.24. The number of benzene rings is 1. The highest BCUT2D eigenvalue weighted by Crippen LogP contribution is 2.13. The average molecular weight is 367 g/mol. The Kier molecular flexibility index (Phi) is 4.60. The molecule has 0 aliphatic heterocycles. The number of aromatic nitrogens is 1. The van der Waals surface area contributed by atoms with Crippen LogP contribution in [0.5, 0.6) is 0 Å². The molecular weight excluding hydrogens is 356 g/mol. The molecule has 0 radical (unpaired) electrons. The van der Waals surface area contributed by atoms with Crippen molar-refractivity contribution >= 4 is 25.8 Å². The van der Waals surface area contributed by atoms with Crippen LogP contribution in [0, 0.1) is 11.3 Å². The Morgan fingerprint density at radius 1 is 1.24 bits per heavy atom. The second kappa shape index (κ2) is 6.24. The average Bonchev–Trinajstić information content (AvgIpc) is 2.48. The molecule has 0 unspecified atom stereocenters. The van der Waals surface area contributed by atoms with Gasteiger partial charge in [0.25, 0.3) is 5.56 Å². The predicted molar refractivity (Wildman–Crippen MR) is 81.6 cm³/mol. The van der Waals surface area contributed by atoms with Crippen molar-refractivity contribution in [3.05, 3.63) is 63.0 Å². The van der Waals surface area contributed by atoms with E-state index in [0.29, 0.717) is 4.47 Å². The molecule has 0 bridgehead atoms. The van der Waals surface area contributed by atoms with Crippen LogP contribution in [0.15, 0.2) is 56.8 Å². The van der Waals surface area contributed by atoms with Crippen LogP contribution in [0.3, 0.4) is 0 Å². The summed E-state index contributed by atoms with van der Waals surface area (Å²) in [7, 11) is -3.55. The molecule has 0 spiro atoms. The smallest absolute Gasteiger partial charge is 0.250 e. The van der Waals surface area contributed by atoms with E-state index in [0.717, 1.165) is 0 Å². The summed E-state index contributed by atoms with van der Waals surface area (Å²) in [5, 5.41) is 8.81. The van der Waals surface area contributed by atoms with Crippen molar-refractivity contribution in [1.29, 1.82) is 5.26 Å². The van der Waals surface area contributed by atoms with Gasteiger partial charge >= 0.3 is 0 Å². The van der Waals surface area contributed by atoms with Crippen LogP contribution in [0.25, 0.3) is 0 Å². The van der Waals surface area contributed by atoms with E-state index < -0.39 is 9.84 Å². The Morgan fingerprint density at radius 3 is 2.71 bits per heavy atom. The van der Waals surface area contributed by atoms with Gasteiger partial charge in [0.15, 0.2) is 9.84 Å². The number of nitrogens with zero attached hydrogens (tertiary/aromatic N) is 2. The van der Waals surface area contributed by atoms with Gasteiger partial charge in [-0.1, -0.05) is 6.07 Å². The fourth-order valence-corrected chi connectivity index (χ4v) is 3.42.